The number of nitrogens with zero attached hydrogens (tertiary/aromatic N) is 1. The molecular formula is C12H23NS4. The first-order valence-corrected chi connectivity index (χ1v) is 9.43. The third-order valence-corrected chi connectivity index (χ3v) is 10.2. The van der Waals surface area contributed by atoms with Crippen LogP contribution in [0.3, 0.4) is 0 Å². The maximum Gasteiger partial charge on any atom is 0.106 e. The van der Waals surface area contributed by atoms with E-state index in [1.807, 2.05) is 21.6 Å². The highest BCUT2D eigenvalue weighted by Gasteiger charge is 2.73. The van der Waals surface area contributed by atoms with E-state index in [0.717, 1.165) is 11.5 Å². The van der Waals surface area contributed by atoms with Crippen molar-refractivity contribution < 1.29 is 0 Å². The van der Waals surface area contributed by atoms with Crippen molar-refractivity contribution in [2.45, 2.75) is 49.3 Å². The van der Waals surface area contributed by atoms with Gasteiger partial charge in [-0.1, -0.05) is 35.4 Å². The average Bonchev–Trinajstić information content (AvgIpc) is 3.06. The molecule has 0 radical (unpaired) electrons. The van der Waals surface area contributed by atoms with Gasteiger partial charge in [0.15, 0.2) is 0 Å². The topological polar surface area (TPSA) is 3.24 Å². The fraction of sp³-hybridized carbons (Fsp3) is 1.00. The number of hydrogen-bond acceptors (Lipinski definition) is 5. The van der Waals surface area contributed by atoms with Gasteiger partial charge in [0, 0.05) is 17.0 Å². The van der Waals surface area contributed by atoms with Crippen LogP contribution in [-0.4, -0.2) is 38.6 Å². The number of hydrogen-bond donors (Lipinski definition) is 2. The Balaban J connectivity index is 2.48. The van der Waals surface area contributed by atoms with E-state index < -0.39 is 0 Å². The Labute approximate surface area is 124 Å². The molecule has 2 aliphatic rings. The highest BCUT2D eigenvalue weighted by atomic mass is 33.2. The summed E-state index contributed by atoms with van der Waals surface area (Å²) in [5, 5.41) is 0. The van der Waals surface area contributed by atoms with Crippen molar-refractivity contribution in [3.05, 3.63) is 0 Å². The van der Waals surface area contributed by atoms with E-state index in [2.05, 4.69) is 64.9 Å². The van der Waals surface area contributed by atoms with Crippen LogP contribution in [0.4, 0.5) is 0 Å². The van der Waals surface area contributed by atoms with Gasteiger partial charge in [-0.2, -0.15) is 25.3 Å². The zero-order valence-electron chi connectivity index (χ0n) is 11.3. The molecule has 1 nitrogen and oxygen atoms in total. The molecular weight excluding hydrogens is 286 g/mol. The van der Waals surface area contributed by atoms with Crippen LogP contribution in [0.25, 0.3) is 0 Å². The van der Waals surface area contributed by atoms with E-state index in [9.17, 15) is 0 Å². The molecule has 2 unspecified atom stereocenters. The predicted molar refractivity (Wildman–Crippen MR) is 88.6 cm³/mol. The minimum absolute atomic E-state index is 0.130. The van der Waals surface area contributed by atoms with Gasteiger partial charge in [0.2, 0.25) is 0 Å². The highest BCUT2D eigenvalue weighted by molar-refractivity contribution is 8.93. The van der Waals surface area contributed by atoms with Crippen LogP contribution in [0.5, 0.6) is 0 Å². The lowest BCUT2D eigenvalue weighted by Gasteiger charge is -2.62. The SMILES string of the molecule is CN1C(C)(CS)CC(C)(C)C2(SS2)C1(C)CS. The number of thiol groups is 2. The maximum atomic E-state index is 4.66. The first-order chi connectivity index (χ1) is 7.69. The Morgan fingerprint density at radius 3 is 1.94 bits per heavy atom. The van der Waals surface area contributed by atoms with Crippen LogP contribution >= 0.6 is 46.8 Å². The van der Waals surface area contributed by atoms with Crippen LogP contribution in [0.2, 0.25) is 0 Å². The first-order valence-electron chi connectivity index (χ1n) is 6.02. The zero-order valence-corrected chi connectivity index (χ0v) is 14.7. The number of rotatable bonds is 2. The third-order valence-electron chi connectivity index (χ3n) is 4.87. The molecule has 2 fully saturated rings. The fourth-order valence-electron chi connectivity index (χ4n) is 3.55. The van der Waals surface area contributed by atoms with E-state index in [-0.39, 0.29) is 11.1 Å². The lowest BCUT2D eigenvalue weighted by atomic mass is 9.65. The molecule has 0 aliphatic carbocycles. The Hall–Kier alpha value is 1.36. The van der Waals surface area contributed by atoms with E-state index >= 15 is 0 Å². The van der Waals surface area contributed by atoms with Crippen molar-refractivity contribution in [3.8, 4) is 0 Å². The van der Waals surface area contributed by atoms with Crippen LogP contribution in [0.1, 0.15) is 34.1 Å². The van der Waals surface area contributed by atoms with Gasteiger partial charge < -0.3 is 0 Å². The summed E-state index contributed by atoms with van der Waals surface area (Å²) in [6.07, 6.45) is 1.20. The Morgan fingerprint density at radius 2 is 1.59 bits per heavy atom. The van der Waals surface area contributed by atoms with E-state index in [4.69, 9.17) is 0 Å². The van der Waals surface area contributed by atoms with Crippen LogP contribution < -0.4 is 0 Å². The molecule has 2 atom stereocenters. The standard InChI is InChI=1S/C12H23NS4/c1-9(2)6-10(3,7-14)13(5)11(4,8-15)12(9)16-17-12/h14-15H,6-8H2,1-5H3. The van der Waals surface area contributed by atoms with Crippen LogP contribution in [0.15, 0.2) is 0 Å². The fourth-order valence-corrected chi connectivity index (χ4v) is 8.68. The Morgan fingerprint density at radius 1 is 1.06 bits per heavy atom. The van der Waals surface area contributed by atoms with Crippen molar-refractivity contribution in [3.63, 3.8) is 0 Å². The summed E-state index contributed by atoms with van der Waals surface area (Å²) in [6, 6.07) is 0. The van der Waals surface area contributed by atoms with Crippen molar-refractivity contribution in [1.82, 2.24) is 4.90 Å². The molecule has 0 amide bonds. The number of piperidine rings is 1. The molecule has 2 aliphatic heterocycles. The lowest BCUT2D eigenvalue weighted by Crippen LogP contribution is -2.72. The van der Waals surface area contributed by atoms with Gasteiger partial charge in [-0.15, -0.1) is 0 Å². The third kappa shape index (κ3) is 1.75. The zero-order chi connectivity index (χ0) is 13.1. The Kier molecular flexibility index (Phi) is 3.63. The normalized spacial score (nSPS) is 43.9. The highest BCUT2D eigenvalue weighted by Crippen LogP contribution is 2.81. The Bertz CT molecular complexity index is 326. The summed E-state index contributed by atoms with van der Waals surface area (Å²) in [4.78, 5) is 2.54. The molecule has 0 bridgehead atoms. The minimum atomic E-state index is 0.130. The van der Waals surface area contributed by atoms with Gasteiger partial charge in [-0.3, -0.25) is 4.90 Å². The maximum absolute atomic E-state index is 4.66. The number of likely N-dealkylation sites (tertiary alicyclic amines) is 1. The molecule has 5 heteroatoms. The first kappa shape index (κ1) is 14.8. The summed E-state index contributed by atoms with van der Waals surface area (Å²) < 4.78 is 0.305. The summed E-state index contributed by atoms with van der Waals surface area (Å²) >= 11 is 9.26. The van der Waals surface area contributed by atoms with E-state index in [0.29, 0.717) is 9.49 Å². The van der Waals surface area contributed by atoms with Gasteiger partial charge in [0.25, 0.3) is 0 Å². The van der Waals surface area contributed by atoms with Crippen molar-refractivity contribution >= 4 is 46.8 Å². The van der Waals surface area contributed by atoms with Crippen LogP contribution in [0, 0.1) is 5.41 Å². The van der Waals surface area contributed by atoms with Crippen molar-refractivity contribution in [1.29, 1.82) is 0 Å². The van der Waals surface area contributed by atoms with Gasteiger partial charge in [0.05, 0.1) is 5.54 Å². The molecule has 1 spiro atoms. The predicted octanol–water partition coefficient (Wildman–Crippen LogP) is 3.82. The van der Waals surface area contributed by atoms with E-state index in [1.54, 1.807) is 0 Å². The molecule has 2 rings (SSSR count). The second-order valence-electron chi connectivity index (χ2n) is 6.49. The quantitative estimate of drug-likeness (QED) is 0.454. The molecule has 17 heavy (non-hydrogen) atoms. The summed E-state index contributed by atoms with van der Waals surface area (Å²) in [5.41, 5.74) is 0.619. The minimum Gasteiger partial charge on any atom is -0.292 e. The molecule has 0 aromatic carbocycles. The van der Waals surface area contributed by atoms with Gasteiger partial charge in [-0.25, -0.2) is 0 Å². The summed E-state index contributed by atoms with van der Waals surface area (Å²) in [7, 11) is 6.35. The van der Waals surface area contributed by atoms with Crippen LogP contribution in [-0.2, 0) is 0 Å². The lowest BCUT2D eigenvalue weighted by molar-refractivity contribution is -0.0537. The summed E-state index contributed by atoms with van der Waals surface area (Å²) in [6.45, 7) is 9.54. The van der Waals surface area contributed by atoms with Crippen molar-refractivity contribution in [2.24, 2.45) is 5.41 Å². The van der Waals surface area contributed by atoms with Gasteiger partial charge in [-0.05, 0) is 32.7 Å². The second-order valence-corrected chi connectivity index (χ2v) is 9.94. The average molecular weight is 310 g/mol. The molecule has 0 aromatic heterocycles. The van der Waals surface area contributed by atoms with Crippen molar-refractivity contribution in [2.75, 3.05) is 18.6 Å². The molecule has 0 saturated carbocycles. The second kappa shape index (κ2) is 4.18. The molecule has 0 aromatic rings. The molecule has 2 heterocycles. The molecule has 2 saturated heterocycles. The largest absolute Gasteiger partial charge is 0.292 e. The molecule has 0 N–H and O–H groups in total. The monoisotopic (exact) mass is 309 g/mol. The smallest absolute Gasteiger partial charge is 0.106 e. The van der Waals surface area contributed by atoms with Gasteiger partial charge >= 0.3 is 0 Å². The molecule has 100 valence electrons. The summed E-state index contributed by atoms with van der Waals surface area (Å²) in [5.74, 6) is 1.80. The van der Waals surface area contributed by atoms with E-state index in [1.165, 1.54) is 6.42 Å². The van der Waals surface area contributed by atoms with Gasteiger partial charge in [0.1, 0.15) is 4.08 Å².